The molecule has 0 N–H and O–H groups in total. The van der Waals surface area contributed by atoms with E-state index in [0.29, 0.717) is 0 Å². The standard InChI is InChI=1S/C21H28O4/c1-16(5-4-6-17-7-8-17)21(25-15-23-2)20(22)14-11-18-9-12-19(24-3)13-10-18/h9-10,12-13,16-17,21H,4-8,15H2,1-3H3/t16-,21+/m0/s1. The Morgan fingerprint density at radius 1 is 1.24 bits per heavy atom. The molecule has 1 saturated carbocycles. The van der Waals surface area contributed by atoms with Gasteiger partial charge in [-0.25, -0.2) is 0 Å². The highest BCUT2D eigenvalue weighted by Gasteiger charge is 2.26. The van der Waals surface area contributed by atoms with Crippen LogP contribution in [-0.4, -0.2) is 32.9 Å². The van der Waals surface area contributed by atoms with E-state index < -0.39 is 6.10 Å². The maximum absolute atomic E-state index is 12.5. The van der Waals surface area contributed by atoms with Crippen LogP contribution in [0, 0.1) is 23.7 Å². The van der Waals surface area contributed by atoms with E-state index >= 15 is 0 Å². The Morgan fingerprint density at radius 3 is 2.56 bits per heavy atom. The second-order valence-electron chi connectivity index (χ2n) is 6.69. The van der Waals surface area contributed by atoms with Gasteiger partial charge >= 0.3 is 0 Å². The van der Waals surface area contributed by atoms with E-state index in [0.717, 1.165) is 30.1 Å². The summed E-state index contributed by atoms with van der Waals surface area (Å²) in [5.41, 5.74) is 0.779. The number of carbonyl (C=O) groups excluding carboxylic acids is 1. The number of hydrogen-bond donors (Lipinski definition) is 0. The minimum absolute atomic E-state index is 0.105. The Labute approximate surface area is 150 Å². The number of ether oxygens (including phenoxy) is 3. The molecule has 1 aliphatic carbocycles. The van der Waals surface area contributed by atoms with Gasteiger partial charge in [-0.3, -0.25) is 4.79 Å². The van der Waals surface area contributed by atoms with Crippen LogP contribution in [0.3, 0.4) is 0 Å². The van der Waals surface area contributed by atoms with Crippen molar-refractivity contribution in [1.82, 2.24) is 0 Å². The zero-order valence-electron chi connectivity index (χ0n) is 15.4. The van der Waals surface area contributed by atoms with Gasteiger partial charge in [0.2, 0.25) is 5.78 Å². The molecule has 1 fully saturated rings. The second-order valence-corrected chi connectivity index (χ2v) is 6.69. The van der Waals surface area contributed by atoms with E-state index in [-0.39, 0.29) is 18.5 Å². The van der Waals surface area contributed by atoms with Crippen LogP contribution in [0.25, 0.3) is 0 Å². The van der Waals surface area contributed by atoms with Gasteiger partial charge in [0.25, 0.3) is 0 Å². The molecular weight excluding hydrogens is 316 g/mol. The molecule has 0 radical (unpaired) electrons. The largest absolute Gasteiger partial charge is 0.497 e. The molecule has 4 heteroatoms. The highest BCUT2D eigenvalue weighted by atomic mass is 16.7. The van der Waals surface area contributed by atoms with E-state index in [9.17, 15) is 4.79 Å². The molecule has 1 aliphatic rings. The Bertz CT molecular complexity index is 593. The summed E-state index contributed by atoms with van der Waals surface area (Å²) in [5, 5.41) is 0. The fraction of sp³-hybridized carbons (Fsp3) is 0.571. The normalized spacial score (nSPS) is 15.8. The van der Waals surface area contributed by atoms with Crippen molar-refractivity contribution in [1.29, 1.82) is 0 Å². The first-order valence-corrected chi connectivity index (χ1v) is 8.94. The van der Waals surface area contributed by atoms with Crippen molar-refractivity contribution in [3.8, 4) is 17.6 Å². The summed E-state index contributed by atoms with van der Waals surface area (Å²) in [5.74, 6) is 7.27. The summed E-state index contributed by atoms with van der Waals surface area (Å²) in [6.07, 6.45) is 5.56. The third-order valence-electron chi connectivity index (χ3n) is 4.53. The maximum atomic E-state index is 12.5. The van der Waals surface area contributed by atoms with Crippen molar-refractivity contribution in [2.45, 2.75) is 45.1 Å². The average Bonchev–Trinajstić information content (AvgIpc) is 3.45. The van der Waals surface area contributed by atoms with Gasteiger partial charge in [-0.15, -0.1) is 0 Å². The molecule has 2 atom stereocenters. The predicted molar refractivity (Wildman–Crippen MR) is 97.4 cm³/mol. The van der Waals surface area contributed by atoms with Crippen LogP contribution in [0.15, 0.2) is 24.3 Å². The molecule has 0 aromatic heterocycles. The predicted octanol–water partition coefficient (Wildman–Crippen LogP) is 3.82. The average molecular weight is 344 g/mol. The van der Waals surface area contributed by atoms with Gasteiger partial charge in [-0.1, -0.05) is 38.5 Å². The molecule has 1 aromatic carbocycles. The third kappa shape index (κ3) is 6.89. The number of carbonyl (C=O) groups is 1. The molecule has 0 aliphatic heterocycles. The minimum atomic E-state index is -0.537. The maximum Gasteiger partial charge on any atom is 0.234 e. The minimum Gasteiger partial charge on any atom is -0.497 e. The van der Waals surface area contributed by atoms with Gasteiger partial charge in [0.1, 0.15) is 18.6 Å². The van der Waals surface area contributed by atoms with Gasteiger partial charge in [-0.05, 0) is 48.4 Å². The quantitative estimate of drug-likeness (QED) is 0.478. The van der Waals surface area contributed by atoms with Crippen LogP contribution in [0.5, 0.6) is 5.75 Å². The van der Waals surface area contributed by atoms with Crippen LogP contribution in [0.4, 0.5) is 0 Å². The first-order chi connectivity index (χ1) is 12.1. The topological polar surface area (TPSA) is 44.8 Å². The summed E-state index contributed by atoms with van der Waals surface area (Å²) in [7, 11) is 3.18. The summed E-state index contributed by atoms with van der Waals surface area (Å²) >= 11 is 0. The summed E-state index contributed by atoms with van der Waals surface area (Å²) in [4.78, 5) is 12.5. The Morgan fingerprint density at radius 2 is 1.96 bits per heavy atom. The molecule has 2 rings (SSSR count). The molecule has 0 amide bonds. The Balaban J connectivity index is 1.94. The summed E-state index contributed by atoms with van der Waals surface area (Å²) in [6.45, 7) is 2.16. The van der Waals surface area contributed by atoms with Gasteiger partial charge in [0.05, 0.1) is 7.11 Å². The van der Waals surface area contributed by atoms with E-state index in [1.54, 1.807) is 14.2 Å². The number of benzene rings is 1. The van der Waals surface area contributed by atoms with Crippen molar-refractivity contribution >= 4 is 5.78 Å². The molecule has 136 valence electrons. The van der Waals surface area contributed by atoms with Crippen LogP contribution < -0.4 is 4.74 Å². The van der Waals surface area contributed by atoms with Gasteiger partial charge in [0, 0.05) is 12.7 Å². The van der Waals surface area contributed by atoms with E-state index in [1.807, 2.05) is 24.3 Å². The van der Waals surface area contributed by atoms with E-state index in [4.69, 9.17) is 14.2 Å². The lowest BCUT2D eigenvalue weighted by Crippen LogP contribution is -2.31. The molecule has 1 aromatic rings. The van der Waals surface area contributed by atoms with Crippen LogP contribution in [0.1, 0.15) is 44.6 Å². The van der Waals surface area contributed by atoms with E-state index in [2.05, 4.69) is 18.8 Å². The first kappa shape index (κ1) is 19.5. The molecule has 0 spiro atoms. The lowest BCUT2D eigenvalue weighted by Gasteiger charge is -2.21. The van der Waals surface area contributed by atoms with Crippen molar-refractivity contribution in [3.05, 3.63) is 29.8 Å². The number of ketones is 1. The zero-order chi connectivity index (χ0) is 18.1. The summed E-state index contributed by atoms with van der Waals surface area (Å²) < 4.78 is 15.7. The van der Waals surface area contributed by atoms with Crippen LogP contribution >= 0.6 is 0 Å². The molecule has 0 heterocycles. The van der Waals surface area contributed by atoms with Crippen molar-refractivity contribution in [2.24, 2.45) is 11.8 Å². The third-order valence-corrected chi connectivity index (χ3v) is 4.53. The lowest BCUT2D eigenvalue weighted by molar-refractivity contribution is -0.139. The molecule has 4 nitrogen and oxygen atoms in total. The molecular formula is C21H28O4. The zero-order valence-corrected chi connectivity index (χ0v) is 15.4. The van der Waals surface area contributed by atoms with Gasteiger partial charge < -0.3 is 14.2 Å². The Hall–Kier alpha value is -1.83. The van der Waals surface area contributed by atoms with Crippen LogP contribution in [0.2, 0.25) is 0 Å². The van der Waals surface area contributed by atoms with Crippen molar-refractivity contribution in [3.63, 3.8) is 0 Å². The smallest absolute Gasteiger partial charge is 0.234 e. The number of hydrogen-bond acceptors (Lipinski definition) is 4. The fourth-order valence-corrected chi connectivity index (χ4v) is 2.81. The monoisotopic (exact) mass is 344 g/mol. The number of Topliss-reactive ketones (excluding diaryl/α,β-unsaturated/α-hetero) is 1. The lowest BCUT2D eigenvalue weighted by atomic mass is 9.94. The first-order valence-electron chi connectivity index (χ1n) is 8.94. The fourth-order valence-electron chi connectivity index (χ4n) is 2.81. The highest BCUT2D eigenvalue weighted by molar-refractivity contribution is 5.99. The van der Waals surface area contributed by atoms with Crippen molar-refractivity contribution < 1.29 is 19.0 Å². The summed E-state index contributed by atoms with van der Waals surface area (Å²) in [6, 6.07) is 7.33. The Kier molecular flexibility index (Phi) is 7.97. The molecule has 0 unspecified atom stereocenters. The highest BCUT2D eigenvalue weighted by Crippen LogP contribution is 2.34. The molecule has 0 saturated heterocycles. The van der Waals surface area contributed by atoms with Gasteiger partial charge in [0.15, 0.2) is 0 Å². The number of rotatable bonds is 10. The SMILES string of the molecule is COCO[C@@H](C(=O)C#Cc1ccc(OC)cc1)[C@@H](C)CCCC1CC1. The van der Waals surface area contributed by atoms with Crippen molar-refractivity contribution in [2.75, 3.05) is 21.0 Å². The second kappa shape index (κ2) is 10.2. The van der Waals surface area contributed by atoms with E-state index in [1.165, 1.54) is 19.3 Å². The molecule has 25 heavy (non-hydrogen) atoms. The van der Waals surface area contributed by atoms with Crippen LogP contribution in [-0.2, 0) is 14.3 Å². The van der Waals surface area contributed by atoms with Gasteiger partial charge in [-0.2, -0.15) is 0 Å². The number of methoxy groups -OCH3 is 2. The molecule has 0 bridgehead atoms.